The van der Waals surface area contributed by atoms with E-state index >= 15 is 0 Å². The molecule has 0 spiro atoms. The molecule has 0 aliphatic heterocycles. The molecule has 11 heavy (non-hydrogen) atoms. The number of H-pyrrole nitrogens is 1. The van der Waals surface area contributed by atoms with Gasteiger partial charge in [0.2, 0.25) is 5.88 Å². The van der Waals surface area contributed by atoms with E-state index in [1.165, 1.54) is 6.07 Å². The quantitative estimate of drug-likeness (QED) is 0.639. The Morgan fingerprint density at radius 1 is 1.91 bits per heavy atom. The van der Waals surface area contributed by atoms with E-state index in [0.29, 0.717) is 12.5 Å². The van der Waals surface area contributed by atoms with Gasteiger partial charge in [0.25, 0.3) is 5.91 Å². The number of carbonyl (C=O) groups is 1. The van der Waals surface area contributed by atoms with E-state index in [0.717, 1.165) is 0 Å². The number of hydrogen-bond acceptors (Lipinski definition) is 3. The second-order valence-corrected chi connectivity index (χ2v) is 1.91. The predicted molar refractivity (Wildman–Crippen MR) is 38.3 cm³/mol. The van der Waals surface area contributed by atoms with Gasteiger partial charge in [0, 0.05) is 6.07 Å². The second-order valence-electron chi connectivity index (χ2n) is 1.91. The largest absolute Gasteiger partial charge is 0.478 e. The van der Waals surface area contributed by atoms with Crippen LogP contribution >= 0.6 is 0 Å². The molecule has 0 bridgehead atoms. The van der Waals surface area contributed by atoms with Gasteiger partial charge in [-0.25, -0.2) is 5.10 Å². The molecule has 1 rings (SSSR count). The molecule has 0 radical (unpaired) electrons. The normalized spacial score (nSPS) is 9.55. The zero-order valence-electron chi connectivity index (χ0n) is 6.13. The fourth-order valence-electron chi connectivity index (χ4n) is 0.660. The highest BCUT2D eigenvalue weighted by Gasteiger charge is 2.05. The lowest BCUT2D eigenvalue weighted by atomic mass is 10.4. The van der Waals surface area contributed by atoms with Crippen molar-refractivity contribution >= 4 is 5.91 Å². The maximum atomic E-state index is 10.5. The number of nitrogens with zero attached hydrogens (tertiary/aromatic N) is 1. The molecule has 5 nitrogen and oxygen atoms in total. The van der Waals surface area contributed by atoms with Crippen LogP contribution in [0.25, 0.3) is 0 Å². The number of ether oxygens (including phenoxy) is 1. The van der Waals surface area contributed by atoms with Crippen LogP contribution in [-0.2, 0) is 0 Å². The molecule has 3 N–H and O–H groups in total. The number of aromatic amines is 1. The van der Waals surface area contributed by atoms with E-state index in [2.05, 4.69) is 10.2 Å². The van der Waals surface area contributed by atoms with Crippen molar-refractivity contribution in [2.45, 2.75) is 6.92 Å². The molecule has 60 valence electrons. The lowest BCUT2D eigenvalue weighted by Gasteiger charge is -1.93. The minimum absolute atomic E-state index is 0.188. The van der Waals surface area contributed by atoms with Gasteiger partial charge < -0.3 is 10.5 Å². The van der Waals surface area contributed by atoms with Gasteiger partial charge in [-0.3, -0.25) is 4.79 Å². The second kappa shape index (κ2) is 3.05. The van der Waals surface area contributed by atoms with E-state index in [-0.39, 0.29) is 5.69 Å². The summed E-state index contributed by atoms with van der Waals surface area (Å²) in [5.74, 6) is -0.103. The van der Waals surface area contributed by atoms with Gasteiger partial charge >= 0.3 is 0 Å². The van der Waals surface area contributed by atoms with E-state index in [9.17, 15) is 4.79 Å². The number of rotatable bonds is 3. The van der Waals surface area contributed by atoms with Crippen molar-refractivity contribution < 1.29 is 9.53 Å². The van der Waals surface area contributed by atoms with Crippen LogP contribution in [0.1, 0.15) is 17.4 Å². The highest BCUT2D eigenvalue weighted by Crippen LogP contribution is 2.06. The van der Waals surface area contributed by atoms with Crippen LogP contribution in [0.5, 0.6) is 5.88 Å². The monoisotopic (exact) mass is 155 g/mol. The minimum Gasteiger partial charge on any atom is -0.478 e. The Labute approximate surface area is 63.5 Å². The smallest absolute Gasteiger partial charge is 0.269 e. The van der Waals surface area contributed by atoms with Gasteiger partial charge in [0.15, 0.2) is 5.69 Å². The summed E-state index contributed by atoms with van der Waals surface area (Å²) in [5.41, 5.74) is 5.13. The Morgan fingerprint density at radius 3 is 3.09 bits per heavy atom. The molecule has 0 unspecified atom stereocenters. The van der Waals surface area contributed by atoms with Crippen molar-refractivity contribution in [2.24, 2.45) is 5.73 Å². The zero-order valence-corrected chi connectivity index (χ0v) is 6.13. The number of primary amides is 1. The summed E-state index contributed by atoms with van der Waals surface area (Å²) in [6.45, 7) is 2.37. The number of aromatic nitrogens is 2. The highest BCUT2D eigenvalue weighted by atomic mass is 16.5. The summed E-state index contributed by atoms with van der Waals surface area (Å²) >= 11 is 0. The van der Waals surface area contributed by atoms with E-state index in [4.69, 9.17) is 10.5 Å². The van der Waals surface area contributed by atoms with Crippen LogP contribution in [0.4, 0.5) is 0 Å². The average Bonchev–Trinajstić information content (AvgIpc) is 2.37. The van der Waals surface area contributed by atoms with Crippen LogP contribution in [0.15, 0.2) is 6.07 Å². The van der Waals surface area contributed by atoms with Gasteiger partial charge in [-0.15, -0.1) is 0 Å². The van der Waals surface area contributed by atoms with Crippen molar-refractivity contribution in [1.29, 1.82) is 0 Å². The Bertz CT molecular complexity index is 256. The molecule has 0 atom stereocenters. The molecule has 1 aromatic rings. The number of amides is 1. The lowest BCUT2D eigenvalue weighted by molar-refractivity contribution is 0.0995. The number of carbonyl (C=O) groups excluding carboxylic acids is 1. The Hall–Kier alpha value is -1.52. The third kappa shape index (κ3) is 1.70. The first kappa shape index (κ1) is 7.59. The van der Waals surface area contributed by atoms with Gasteiger partial charge in [0.05, 0.1) is 6.61 Å². The summed E-state index contributed by atoms with van der Waals surface area (Å²) < 4.78 is 5.01. The SMILES string of the molecule is CCOc1cc(C(N)=O)n[nH]1. The van der Waals surface area contributed by atoms with Gasteiger partial charge in [-0.1, -0.05) is 0 Å². The van der Waals surface area contributed by atoms with Crippen LogP contribution in [0, 0.1) is 0 Å². The molecular weight excluding hydrogens is 146 g/mol. The summed E-state index contributed by atoms with van der Waals surface area (Å²) in [7, 11) is 0. The van der Waals surface area contributed by atoms with Crippen molar-refractivity contribution in [3.63, 3.8) is 0 Å². The molecule has 0 saturated carbocycles. The van der Waals surface area contributed by atoms with Crippen LogP contribution in [-0.4, -0.2) is 22.7 Å². The lowest BCUT2D eigenvalue weighted by Crippen LogP contribution is -2.10. The van der Waals surface area contributed by atoms with Crippen molar-refractivity contribution in [2.75, 3.05) is 6.61 Å². The summed E-state index contributed by atoms with van der Waals surface area (Å²) in [6.07, 6.45) is 0. The number of nitrogens with two attached hydrogens (primary N) is 1. The highest BCUT2D eigenvalue weighted by molar-refractivity contribution is 5.90. The summed E-state index contributed by atoms with van der Waals surface area (Å²) in [5, 5.41) is 6.12. The first-order chi connectivity index (χ1) is 5.24. The maximum Gasteiger partial charge on any atom is 0.269 e. The van der Waals surface area contributed by atoms with Gasteiger partial charge in [0.1, 0.15) is 0 Å². The Kier molecular flexibility index (Phi) is 2.10. The zero-order chi connectivity index (χ0) is 8.27. The first-order valence-corrected chi connectivity index (χ1v) is 3.22. The van der Waals surface area contributed by atoms with Crippen LogP contribution in [0.3, 0.4) is 0 Å². The molecule has 0 aliphatic carbocycles. The maximum absolute atomic E-state index is 10.5. The first-order valence-electron chi connectivity index (χ1n) is 3.22. The average molecular weight is 155 g/mol. The fourth-order valence-corrected chi connectivity index (χ4v) is 0.660. The molecule has 0 aromatic carbocycles. The van der Waals surface area contributed by atoms with E-state index in [1.807, 2.05) is 6.92 Å². The summed E-state index contributed by atoms with van der Waals surface area (Å²) in [6, 6.07) is 1.46. The van der Waals surface area contributed by atoms with Gasteiger partial charge in [-0.2, -0.15) is 5.10 Å². The van der Waals surface area contributed by atoms with Crippen LogP contribution < -0.4 is 10.5 Å². The third-order valence-corrected chi connectivity index (χ3v) is 1.11. The van der Waals surface area contributed by atoms with E-state index in [1.54, 1.807) is 0 Å². The summed E-state index contributed by atoms with van der Waals surface area (Å²) in [4.78, 5) is 10.5. The molecule has 0 saturated heterocycles. The predicted octanol–water partition coefficient (Wildman–Crippen LogP) is -0.0927. The van der Waals surface area contributed by atoms with Crippen molar-refractivity contribution in [1.82, 2.24) is 10.2 Å². The molecule has 1 amide bonds. The van der Waals surface area contributed by atoms with Crippen LogP contribution in [0.2, 0.25) is 0 Å². The third-order valence-electron chi connectivity index (χ3n) is 1.11. The van der Waals surface area contributed by atoms with Crippen molar-refractivity contribution in [3.8, 4) is 5.88 Å². The standard InChI is InChI=1S/C6H9N3O2/c1-2-11-5-3-4(6(7)10)8-9-5/h3H,2H2,1H3,(H2,7,10)(H,8,9). The number of nitrogens with one attached hydrogen (secondary N) is 1. The Morgan fingerprint density at radius 2 is 2.64 bits per heavy atom. The molecule has 1 heterocycles. The topological polar surface area (TPSA) is 81.0 Å². The Balaban J connectivity index is 2.73. The minimum atomic E-state index is -0.563. The molecular formula is C6H9N3O2. The van der Waals surface area contributed by atoms with E-state index < -0.39 is 5.91 Å². The van der Waals surface area contributed by atoms with Crippen molar-refractivity contribution in [3.05, 3.63) is 11.8 Å². The molecule has 5 heteroatoms. The molecule has 0 aliphatic rings. The number of hydrogen-bond donors (Lipinski definition) is 2. The molecule has 0 fully saturated rings. The fraction of sp³-hybridized carbons (Fsp3) is 0.333. The van der Waals surface area contributed by atoms with Gasteiger partial charge in [-0.05, 0) is 6.92 Å². The molecule has 1 aromatic heterocycles.